The molecule has 0 saturated heterocycles. The minimum Gasteiger partial charge on any atom is -0.463 e. The van der Waals surface area contributed by atoms with Crippen molar-refractivity contribution in [3.63, 3.8) is 0 Å². The molecule has 3 rings (SSSR count). The molecule has 1 amide bonds. The SMILES string of the molecule is CCc1ccc2occ(C(=O)NC(C)C(O)c3c(F)cccc3Cl)c2c1. The van der Waals surface area contributed by atoms with E-state index in [1.54, 1.807) is 6.92 Å². The second kappa shape index (κ2) is 7.48. The van der Waals surface area contributed by atoms with Crippen molar-refractivity contribution < 1.29 is 18.7 Å². The number of hydrogen-bond donors (Lipinski definition) is 2. The number of amides is 1. The third-order valence-corrected chi connectivity index (χ3v) is 4.75. The summed E-state index contributed by atoms with van der Waals surface area (Å²) >= 11 is 5.99. The van der Waals surface area contributed by atoms with Gasteiger partial charge < -0.3 is 14.8 Å². The Labute approximate surface area is 155 Å². The second-order valence-electron chi connectivity index (χ2n) is 6.18. The lowest BCUT2D eigenvalue weighted by atomic mass is 10.0. The van der Waals surface area contributed by atoms with E-state index in [0.29, 0.717) is 16.5 Å². The fourth-order valence-electron chi connectivity index (χ4n) is 2.88. The molecule has 2 unspecified atom stereocenters. The lowest BCUT2D eigenvalue weighted by Gasteiger charge is -2.21. The van der Waals surface area contributed by atoms with E-state index in [1.807, 2.05) is 25.1 Å². The number of carbonyl (C=O) groups excluding carboxylic acids is 1. The molecule has 136 valence electrons. The molecule has 0 aliphatic carbocycles. The fraction of sp³-hybridized carbons (Fsp3) is 0.250. The molecule has 26 heavy (non-hydrogen) atoms. The van der Waals surface area contributed by atoms with Gasteiger partial charge in [-0.15, -0.1) is 0 Å². The molecule has 1 heterocycles. The number of hydrogen-bond acceptors (Lipinski definition) is 3. The van der Waals surface area contributed by atoms with Gasteiger partial charge in [-0.2, -0.15) is 0 Å². The minimum absolute atomic E-state index is 0.0349. The van der Waals surface area contributed by atoms with Crippen LogP contribution in [0.4, 0.5) is 4.39 Å². The van der Waals surface area contributed by atoms with Gasteiger partial charge in [-0.3, -0.25) is 4.79 Å². The molecule has 2 N–H and O–H groups in total. The smallest absolute Gasteiger partial charge is 0.255 e. The van der Waals surface area contributed by atoms with Crippen LogP contribution in [0.25, 0.3) is 11.0 Å². The van der Waals surface area contributed by atoms with Crippen LogP contribution in [-0.2, 0) is 6.42 Å². The van der Waals surface area contributed by atoms with Gasteiger partial charge in [-0.05, 0) is 43.2 Å². The van der Waals surface area contributed by atoms with E-state index in [0.717, 1.165) is 12.0 Å². The van der Waals surface area contributed by atoms with E-state index in [2.05, 4.69) is 5.32 Å². The average molecular weight is 376 g/mol. The molecule has 0 fully saturated rings. The number of halogens is 2. The molecule has 2 atom stereocenters. The molecule has 4 nitrogen and oxygen atoms in total. The second-order valence-corrected chi connectivity index (χ2v) is 6.58. The summed E-state index contributed by atoms with van der Waals surface area (Å²) in [6, 6.07) is 9.09. The van der Waals surface area contributed by atoms with Crippen molar-refractivity contribution in [2.75, 3.05) is 0 Å². The number of nitrogens with one attached hydrogen (secondary N) is 1. The van der Waals surface area contributed by atoms with Crippen LogP contribution in [0.2, 0.25) is 5.02 Å². The van der Waals surface area contributed by atoms with E-state index in [4.69, 9.17) is 16.0 Å². The Morgan fingerprint density at radius 2 is 2.12 bits per heavy atom. The minimum atomic E-state index is -1.28. The van der Waals surface area contributed by atoms with Gasteiger partial charge in [0.2, 0.25) is 0 Å². The van der Waals surface area contributed by atoms with Crippen LogP contribution in [0.15, 0.2) is 47.1 Å². The number of benzene rings is 2. The number of aryl methyl sites for hydroxylation is 1. The summed E-state index contributed by atoms with van der Waals surface area (Å²) in [6.45, 7) is 3.61. The molecule has 0 bridgehead atoms. The Kier molecular flexibility index (Phi) is 5.30. The quantitative estimate of drug-likeness (QED) is 0.682. The number of rotatable bonds is 5. The Morgan fingerprint density at radius 1 is 1.35 bits per heavy atom. The highest BCUT2D eigenvalue weighted by Gasteiger charge is 2.25. The molecule has 2 aromatic carbocycles. The van der Waals surface area contributed by atoms with E-state index in [9.17, 15) is 14.3 Å². The monoisotopic (exact) mass is 375 g/mol. The number of aliphatic hydroxyl groups is 1. The van der Waals surface area contributed by atoms with Crippen LogP contribution in [0.1, 0.15) is 41.4 Å². The largest absolute Gasteiger partial charge is 0.463 e. The van der Waals surface area contributed by atoms with Crippen LogP contribution < -0.4 is 5.32 Å². The normalized spacial score (nSPS) is 13.6. The van der Waals surface area contributed by atoms with E-state index in [1.165, 1.54) is 24.5 Å². The molecular formula is C20H19ClFNO3. The zero-order chi connectivity index (χ0) is 18.8. The van der Waals surface area contributed by atoms with Gasteiger partial charge in [-0.25, -0.2) is 4.39 Å². The molecule has 6 heteroatoms. The zero-order valence-electron chi connectivity index (χ0n) is 14.4. The van der Waals surface area contributed by atoms with E-state index >= 15 is 0 Å². The Bertz CT molecular complexity index is 933. The maximum absolute atomic E-state index is 14.0. The van der Waals surface area contributed by atoms with Crippen LogP contribution >= 0.6 is 11.6 Å². The van der Waals surface area contributed by atoms with Crippen LogP contribution in [0.3, 0.4) is 0 Å². The molecule has 0 radical (unpaired) electrons. The van der Waals surface area contributed by atoms with Crippen molar-refractivity contribution in [1.29, 1.82) is 0 Å². The van der Waals surface area contributed by atoms with E-state index < -0.39 is 23.9 Å². The van der Waals surface area contributed by atoms with Gasteiger partial charge in [0.25, 0.3) is 5.91 Å². The Hall–Kier alpha value is -2.37. The van der Waals surface area contributed by atoms with Crippen molar-refractivity contribution in [2.45, 2.75) is 32.4 Å². The van der Waals surface area contributed by atoms with Gasteiger partial charge in [0.1, 0.15) is 23.8 Å². The maximum atomic E-state index is 14.0. The lowest BCUT2D eigenvalue weighted by molar-refractivity contribution is 0.0847. The first-order chi connectivity index (χ1) is 12.4. The standard InChI is InChI=1S/C20H19ClFNO3/c1-3-12-7-8-17-13(9-12)14(10-26-17)20(25)23-11(2)19(24)18-15(21)5-4-6-16(18)22/h4-11,19,24H,3H2,1-2H3,(H,23,25). The maximum Gasteiger partial charge on any atom is 0.255 e. The Balaban J connectivity index is 1.83. The number of fused-ring (bicyclic) bond motifs is 1. The third kappa shape index (κ3) is 3.45. The molecule has 0 saturated carbocycles. The lowest BCUT2D eigenvalue weighted by Crippen LogP contribution is -2.37. The predicted octanol–water partition coefficient (Wildman–Crippen LogP) is 4.64. The highest BCUT2D eigenvalue weighted by molar-refractivity contribution is 6.31. The Morgan fingerprint density at radius 3 is 2.81 bits per heavy atom. The molecule has 0 spiro atoms. The molecule has 0 aliphatic heterocycles. The first kappa shape index (κ1) is 18.4. The van der Waals surface area contributed by atoms with Gasteiger partial charge in [0.15, 0.2) is 0 Å². The number of furan rings is 1. The predicted molar refractivity (Wildman–Crippen MR) is 98.9 cm³/mol. The summed E-state index contributed by atoms with van der Waals surface area (Å²) in [5, 5.41) is 13.9. The van der Waals surface area contributed by atoms with E-state index in [-0.39, 0.29) is 10.6 Å². The summed E-state index contributed by atoms with van der Waals surface area (Å²) in [5.41, 5.74) is 2.03. The number of aliphatic hydroxyl groups excluding tert-OH is 1. The molecule has 3 aromatic rings. The van der Waals surface area contributed by atoms with Gasteiger partial charge in [0.05, 0.1) is 11.6 Å². The van der Waals surface area contributed by atoms with Crippen molar-refractivity contribution in [3.05, 3.63) is 70.2 Å². The van der Waals surface area contributed by atoms with Gasteiger partial charge >= 0.3 is 0 Å². The highest BCUT2D eigenvalue weighted by Crippen LogP contribution is 2.28. The summed E-state index contributed by atoms with van der Waals surface area (Å²) in [6.07, 6.45) is 0.939. The first-order valence-electron chi connectivity index (χ1n) is 8.35. The average Bonchev–Trinajstić information content (AvgIpc) is 3.04. The van der Waals surface area contributed by atoms with Crippen molar-refractivity contribution in [1.82, 2.24) is 5.32 Å². The fourth-order valence-corrected chi connectivity index (χ4v) is 3.15. The topological polar surface area (TPSA) is 62.5 Å². The van der Waals surface area contributed by atoms with Crippen molar-refractivity contribution in [3.8, 4) is 0 Å². The summed E-state index contributed by atoms with van der Waals surface area (Å²) < 4.78 is 19.4. The van der Waals surface area contributed by atoms with Crippen molar-refractivity contribution >= 4 is 28.5 Å². The van der Waals surface area contributed by atoms with Crippen LogP contribution in [0.5, 0.6) is 0 Å². The third-order valence-electron chi connectivity index (χ3n) is 4.42. The van der Waals surface area contributed by atoms with Crippen LogP contribution in [-0.4, -0.2) is 17.1 Å². The van der Waals surface area contributed by atoms with Gasteiger partial charge in [-0.1, -0.05) is 30.7 Å². The van der Waals surface area contributed by atoms with Crippen LogP contribution in [0, 0.1) is 5.82 Å². The highest BCUT2D eigenvalue weighted by atomic mass is 35.5. The zero-order valence-corrected chi connectivity index (χ0v) is 15.2. The molecule has 0 aliphatic rings. The van der Waals surface area contributed by atoms with Crippen molar-refractivity contribution in [2.24, 2.45) is 0 Å². The molecular weight excluding hydrogens is 357 g/mol. The summed E-state index contributed by atoms with van der Waals surface area (Å²) in [5.74, 6) is -1.02. The van der Waals surface area contributed by atoms with Gasteiger partial charge in [0, 0.05) is 16.0 Å². The number of carbonyl (C=O) groups is 1. The first-order valence-corrected chi connectivity index (χ1v) is 8.73. The molecule has 1 aromatic heterocycles. The summed E-state index contributed by atoms with van der Waals surface area (Å²) in [4.78, 5) is 12.6. The summed E-state index contributed by atoms with van der Waals surface area (Å²) in [7, 11) is 0.